The van der Waals surface area contributed by atoms with Gasteiger partial charge in [0.05, 0.1) is 18.6 Å². The van der Waals surface area contributed by atoms with Crippen molar-refractivity contribution < 1.29 is 27.6 Å². The summed E-state index contributed by atoms with van der Waals surface area (Å²) in [4.78, 5) is 7.81. The van der Waals surface area contributed by atoms with E-state index in [0.717, 1.165) is 16.7 Å². The molecule has 0 radical (unpaired) electrons. The molecular formula is C18H19F3N3O2S2+. The van der Waals surface area contributed by atoms with E-state index in [9.17, 15) is 13.2 Å². The number of aliphatic hydroxyl groups excluding tert-OH is 1. The molecule has 0 aliphatic heterocycles. The Morgan fingerprint density at radius 2 is 2.00 bits per heavy atom. The van der Waals surface area contributed by atoms with Gasteiger partial charge in [-0.25, -0.2) is 9.55 Å². The van der Waals surface area contributed by atoms with E-state index in [2.05, 4.69) is 9.97 Å². The van der Waals surface area contributed by atoms with Crippen molar-refractivity contribution in [2.75, 3.05) is 19.0 Å². The van der Waals surface area contributed by atoms with E-state index in [0.29, 0.717) is 23.0 Å². The molecule has 2 N–H and O–H groups in total. The number of fused-ring (bicyclic) bond motifs is 1. The quantitative estimate of drug-likeness (QED) is 0.322. The topological polar surface area (TPSA) is 62.0 Å². The van der Waals surface area contributed by atoms with Crippen LogP contribution < -0.4 is 9.30 Å². The van der Waals surface area contributed by atoms with E-state index in [-0.39, 0.29) is 12.4 Å². The van der Waals surface area contributed by atoms with Crippen LogP contribution in [0.25, 0.3) is 17.0 Å². The number of H-pyrrole nitrogens is 1. The number of imidazole rings is 1. The van der Waals surface area contributed by atoms with Crippen molar-refractivity contribution in [2.45, 2.75) is 18.9 Å². The largest absolute Gasteiger partial charge is 0.484 e. The summed E-state index contributed by atoms with van der Waals surface area (Å²) in [6.45, 7) is 0.459. The van der Waals surface area contributed by atoms with Crippen LogP contribution in [0.3, 0.4) is 0 Å². The maximum absolute atomic E-state index is 12.5. The van der Waals surface area contributed by atoms with Crippen LogP contribution in [-0.2, 0) is 5.75 Å². The number of ether oxygens (including phenoxy) is 1. The molecule has 0 unspecified atom stereocenters. The summed E-state index contributed by atoms with van der Waals surface area (Å²) >= 11 is 0. The van der Waals surface area contributed by atoms with Gasteiger partial charge in [-0.05, 0) is 19.1 Å². The highest BCUT2D eigenvalue weighted by molar-refractivity contribution is 8.76. The molecule has 5 nitrogen and oxygen atoms in total. The van der Waals surface area contributed by atoms with Crippen LogP contribution >= 0.6 is 21.6 Å². The van der Waals surface area contributed by atoms with E-state index in [1.807, 2.05) is 28.8 Å². The first-order chi connectivity index (χ1) is 13.4. The van der Waals surface area contributed by atoms with Crippen LogP contribution in [0, 0.1) is 6.92 Å². The number of hydrogen-bond acceptors (Lipinski definition) is 5. The number of aromatic amines is 1. The zero-order valence-electron chi connectivity index (χ0n) is 15.0. The van der Waals surface area contributed by atoms with Crippen LogP contribution in [0.1, 0.15) is 11.3 Å². The molecule has 3 rings (SSSR count). The Morgan fingerprint density at radius 1 is 1.21 bits per heavy atom. The summed E-state index contributed by atoms with van der Waals surface area (Å²) in [5.41, 5.74) is 3.06. The number of halogens is 3. The number of para-hydroxylation sites is 2. The molecule has 0 amide bonds. The van der Waals surface area contributed by atoms with E-state index in [4.69, 9.17) is 9.84 Å². The highest BCUT2D eigenvalue weighted by Gasteiger charge is 2.29. The Kier molecular flexibility index (Phi) is 6.73. The summed E-state index contributed by atoms with van der Waals surface area (Å²) in [6, 6.07) is 9.10. The van der Waals surface area contributed by atoms with Gasteiger partial charge < -0.3 is 9.84 Å². The summed E-state index contributed by atoms with van der Waals surface area (Å²) < 4.78 is 44.5. The van der Waals surface area contributed by atoms with Crippen molar-refractivity contribution >= 4 is 32.6 Å². The number of nitrogens with zero attached hydrogens (tertiary/aromatic N) is 2. The van der Waals surface area contributed by atoms with Crippen LogP contribution in [0.2, 0.25) is 0 Å². The number of aliphatic hydroxyl groups is 1. The number of aromatic nitrogens is 3. The van der Waals surface area contributed by atoms with Gasteiger partial charge in [0.15, 0.2) is 12.1 Å². The van der Waals surface area contributed by atoms with E-state index < -0.39 is 12.8 Å². The van der Waals surface area contributed by atoms with Crippen molar-refractivity contribution in [3.8, 4) is 11.7 Å². The maximum Gasteiger partial charge on any atom is 0.422 e. The zero-order chi connectivity index (χ0) is 20.1. The molecule has 10 heteroatoms. The van der Waals surface area contributed by atoms with E-state index in [1.54, 1.807) is 13.1 Å². The lowest BCUT2D eigenvalue weighted by molar-refractivity contribution is -0.610. The highest BCUT2D eigenvalue weighted by atomic mass is 33.1. The van der Waals surface area contributed by atoms with Gasteiger partial charge in [-0.2, -0.15) is 13.2 Å². The molecule has 0 spiro atoms. The zero-order valence-corrected chi connectivity index (χ0v) is 16.6. The van der Waals surface area contributed by atoms with Gasteiger partial charge in [0.1, 0.15) is 17.0 Å². The van der Waals surface area contributed by atoms with Crippen molar-refractivity contribution in [1.29, 1.82) is 0 Å². The summed E-state index contributed by atoms with van der Waals surface area (Å²) in [7, 11) is 3.00. The number of pyridine rings is 1. The number of rotatable bonds is 8. The predicted molar refractivity (Wildman–Crippen MR) is 105 cm³/mol. The smallest absolute Gasteiger partial charge is 0.422 e. The molecule has 0 atom stereocenters. The second-order valence-corrected chi connectivity index (χ2v) is 8.49. The summed E-state index contributed by atoms with van der Waals surface area (Å²) in [6.07, 6.45) is -2.74. The summed E-state index contributed by atoms with van der Waals surface area (Å²) in [5, 5.41) is 8.94. The Bertz CT molecular complexity index is 914. The third kappa shape index (κ3) is 5.12. The minimum Gasteiger partial charge on any atom is -0.484 e. The van der Waals surface area contributed by atoms with Gasteiger partial charge in [0.25, 0.3) is 0 Å². The molecule has 3 aromatic rings. The van der Waals surface area contributed by atoms with Crippen molar-refractivity contribution in [3.05, 3.63) is 47.8 Å². The SMILES string of the molecule is Cc1c(OCC(F)(F)F)cc[n+](-c2nc3ccccc3[nH]2)c1CSSCCO. The number of benzene rings is 1. The van der Waals surface area contributed by atoms with E-state index >= 15 is 0 Å². The minimum absolute atomic E-state index is 0.0644. The van der Waals surface area contributed by atoms with Gasteiger partial charge in [0, 0.05) is 17.4 Å². The Balaban J connectivity index is 1.96. The first-order valence-electron chi connectivity index (χ1n) is 8.43. The van der Waals surface area contributed by atoms with Crippen LogP contribution in [0.15, 0.2) is 36.5 Å². The van der Waals surface area contributed by atoms with Gasteiger partial charge in [-0.3, -0.25) is 0 Å². The van der Waals surface area contributed by atoms with Gasteiger partial charge in [0.2, 0.25) is 0 Å². The Hall–Kier alpha value is -1.91. The molecule has 0 bridgehead atoms. The first-order valence-corrected chi connectivity index (χ1v) is 10.9. The third-order valence-electron chi connectivity index (χ3n) is 3.92. The van der Waals surface area contributed by atoms with Crippen molar-refractivity contribution in [3.63, 3.8) is 0 Å². The fraction of sp³-hybridized carbons (Fsp3) is 0.333. The molecule has 0 saturated heterocycles. The lowest BCUT2D eigenvalue weighted by Crippen LogP contribution is -2.37. The van der Waals surface area contributed by atoms with Crippen molar-refractivity contribution in [2.24, 2.45) is 0 Å². The van der Waals surface area contributed by atoms with Crippen LogP contribution in [0.4, 0.5) is 13.2 Å². The maximum atomic E-state index is 12.5. The molecule has 150 valence electrons. The predicted octanol–water partition coefficient (Wildman–Crippen LogP) is 3.96. The fourth-order valence-corrected chi connectivity index (χ4v) is 4.52. The highest BCUT2D eigenvalue weighted by Crippen LogP contribution is 2.29. The lowest BCUT2D eigenvalue weighted by Gasteiger charge is -2.15. The van der Waals surface area contributed by atoms with Crippen LogP contribution in [-0.4, -0.2) is 40.2 Å². The fourth-order valence-electron chi connectivity index (χ4n) is 2.62. The third-order valence-corrected chi connectivity index (χ3v) is 6.18. The monoisotopic (exact) mass is 430 g/mol. The van der Waals surface area contributed by atoms with Gasteiger partial charge >= 0.3 is 12.1 Å². The van der Waals surface area contributed by atoms with Gasteiger partial charge in [-0.15, -0.1) is 0 Å². The average molecular weight is 430 g/mol. The average Bonchev–Trinajstić information content (AvgIpc) is 3.08. The first kappa shape index (κ1) is 20.8. The van der Waals surface area contributed by atoms with Crippen LogP contribution in [0.5, 0.6) is 5.75 Å². The van der Waals surface area contributed by atoms with Crippen molar-refractivity contribution in [1.82, 2.24) is 9.97 Å². The molecule has 2 aromatic heterocycles. The van der Waals surface area contributed by atoms with E-state index in [1.165, 1.54) is 27.7 Å². The molecule has 2 heterocycles. The lowest BCUT2D eigenvalue weighted by atomic mass is 10.2. The normalized spacial score (nSPS) is 11.9. The Labute approximate surface area is 167 Å². The molecule has 1 aromatic carbocycles. The molecular weight excluding hydrogens is 411 g/mol. The number of nitrogens with one attached hydrogen (secondary N) is 1. The molecule has 0 fully saturated rings. The second-order valence-electron chi connectivity index (χ2n) is 5.91. The molecule has 0 aliphatic carbocycles. The standard InChI is InChI=1S/C18H19F3N3O2S2/c1-12-15(10-28-27-9-8-25)24(7-6-16(12)26-11-18(19,20)21)17-22-13-4-2-3-5-14(13)23-17/h2-7,25H,8-11H2,1H3,(H,22,23)/q+1. The minimum atomic E-state index is -4.40. The molecule has 0 aliphatic rings. The summed E-state index contributed by atoms with van der Waals surface area (Å²) in [5.74, 6) is 1.84. The molecule has 28 heavy (non-hydrogen) atoms. The Morgan fingerprint density at radius 3 is 2.71 bits per heavy atom. The number of hydrogen-bond donors (Lipinski definition) is 2. The van der Waals surface area contributed by atoms with Gasteiger partial charge in [-0.1, -0.05) is 38.7 Å². The molecule has 0 saturated carbocycles. The second kappa shape index (κ2) is 9.06. The number of alkyl halides is 3.